The Morgan fingerprint density at radius 3 is 2.72 bits per heavy atom. The van der Waals surface area contributed by atoms with Gasteiger partial charge in [-0.3, -0.25) is 19.3 Å². The van der Waals surface area contributed by atoms with Gasteiger partial charge in [0, 0.05) is 5.69 Å². The zero-order valence-corrected chi connectivity index (χ0v) is 18.0. The number of methoxy groups -OCH3 is 1. The quantitative estimate of drug-likeness (QED) is 0.591. The van der Waals surface area contributed by atoms with E-state index in [1.165, 1.54) is 37.5 Å². The average molecular weight is 500 g/mol. The minimum Gasteiger partial charge on any atom is -0.495 e. The van der Waals surface area contributed by atoms with Crippen molar-refractivity contribution in [3.63, 3.8) is 0 Å². The summed E-state index contributed by atoms with van der Waals surface area (Å²) in [5.74, 6) is -1.14. The Balaban J connectivity index is 1.69. The second-order valence-corrected chi connectivity index (χ2v) is 8.09. The summed E-state index contributed by atoms with van der Waals surface area (Å²) >= 11 is 9.80. The number of rotatable bonds is 5. The number of hydrogen-bond acceptors (Lipinski definition) is 5. The predicted molar refractivity (Wildman–Crippen MR) is 113 cm³/mol. The maximum Gasteiger partial charge on any atom is 0.294 e. The van der Waals surface area contributed by atoms with Gasteiger partial charge in [-0.1, -0.05) is 17.7 Å². The maximum absolute atomic E-state index is 13.3. The van der Waals surface area contributed by atoms with E-state index in [4.69, 9.17) is 16.3 Å². The molecule has 0 aliphatic carbocycles. The molecule has 3 amide bonds. The molecule has 0 unspecified atom stereocenters. The summed E-state index contributed by atoms with van der Waals surface area (Å²) in [5, 5.41) is 2.32. The van der Waals surface area contributed by atoms with Gasteiger partial charge in [-0.15, -0.1) is 0 Å². The van der Waals surface area contributed by atoms with E-state index in [1.807, 2.05) is 0 Å². The summed E-state index contributed by atoms with van der Waals surface area (Å²) in [4.78, 5) is 37.9. The van der Waals surface area contributed by atoms with E-state index >= 15 is 0 Å². The highest BCUT2D eigenvalue weighted by molar-refractivity contribution is 9.10. The lowest BCUT2D eigenvalue weighted by Crippen LogP contribution is -2.36. The van der Waals surface area contributed by atoms with Crippen molar-refractivity contribution in [2.45, 2.75) is 0 Å². The van der Waals surface area contributed by atoms with Crippen molar-refractivity contribution in [1.82, 2.24) is 4.90 Å². The highest BCUT2D eigenvalue weighted by Gasteiger charge is 2.36. The summed E-state index contributed by atoms with van der Waals surface area (Å²) in [5.41, 5.74) is 0.945. The molecule has 150 valence electrons. The van der Waals surface area contributed by atoms with Crippen molar-refractivity contribution in [3.8, 4) is 5.75 Å². The lowest BCUT2D eigenvalue weighted by Gasteiger charge is -2.13. The van der Waals surface area contributed by atoms with Gasteiger partial charge in [-0.25, -0.2) is 4.39 Å². The fourth-order valence-corrected chi connectivity index (χ4v) is 3.97. The molecular weight excluding hydrogens is 487 g/mol. The number of carbonyl (C=O) groups excluding carboxylic acids is 3. The molecule has 3 rings (SSSR count). The topological polar surface area (TPSA) is 75.7 Å². The van der Waals surface area contributed by atoms with Crippen LogP contribution in [0.5, 0.6) is 5.75 Å². The molecule has 1 aliphatic rings. The molecule has 10 heteroatoms. The Hall–Kier alpha value is -2.36. The number of benzene rings is 2. The maximum atomic E-state index is 13.3. The van der Waals surface area contributed by atoms with Crippen LogP contribution in [0, 0.1) is 5.82 Å². The third-order valence-electron chi connectivity index (χ3n) is 3.85. The van der Waals surface area contributed by atoms with Gasteiger partial charge < -0.3 is 10.1 Å². The second-order valence-electron chi connectivity index (χ2n) is 5.84. The second kappa shape index (κ2) is 8.98. The van der Waals surface area contributed by atoms with Crippen LogP contribution in [-0.2, 0) is 9.59 Å². The predicted octanol–water partition coefficient (Wildman–Crippen LogP) is 4.93. The molecule has 0 spiro atoms. The van der Waals surface area contributed by atoms with Crippen LogP contribution < -0.4 is 10.1 Å². The van der Waals surface area contributed by atoms with Gasteiger partial charge in [0.15, 0.2) is 0 Å². The molecule has 1 fully saturated rings. The van der Waals surface area contributed by atoms with Crippen LogP contribution in [-0.4, -0.2) is 35.6 Å². The first-order valence-electron chi connectivity index (χ1n) is 8.12. The molecule has 29 heavy (non-hydrogen) atoms. The monoisotopic (exact) mass is 498 g/mol. The largest absolute Gasteiger partial charge is 0.495 e. The smallest absolute Gasteiger partial charge is 0.294 e. The summed E-state index contributed by atoms with van der Waals surface area (Å²) in [6.45, 7) is -0.446. The van der Waals surface area contributed by atoms with Crippen molar-refractivity contribution >= 4 is 68.1 Å². The average Bonchev–Trinajstić information content (AvgIpc) is 2.92. The van der Waals surface area contributed by atoms with E-state index in [2.05, 4.69) is 21.2 Å². The van der Waals surface area contributed by atoms with Gasteiger partial charge in [0.2, 0.25) is 5.91 Å². The summed E-state index contributed by atoms with van der Waals surface area (Å²) < 4.78 is 18.6. The molecule has 2 aromatic carbocycles. The molecule has 0 saturated carbocycles. The number of amides is 3. The first-order valence-corrected chi connectivity index (χ1v) is 10.1. The third kappa shape index (κ3) is 4.98. The SMILES string of the molecule is COc1ccc(NC(=O)CN2C(=O)S/C(=C/c3ccc(F)c(Br)c3)C2=O)cc1Cl. The van der Waals surface area contributed by atoms with Crippen LogP contribution in [0.2, 0.25) is 5.02 Å². The molecule has 6 nitrogen and oxygen atoms in total. The fourth-order valence-electron chi connectivity index (χ4n) is 2.48. The van der Waals surface area contributed by atoms with Gasteiger partial charge in [0.1, 0.15) is 18.1 Å². The normalized spacial score (nSPS) is 15.2. The number of nitrogens with zero attached hydrogens (tertiary/aromatic N) is 1. The summed E-state index contributed by atoms with van der Waals surface area (Å²) in [6.07, 6.45) is 1.47. The van der Waals surface area contributed by atoms with Crippen LogP contribution in [0.25, 0.3) is 6.08 Å². The van der Waals surface area contributed by atoms with Gasteiger partial charge in [-0.05, 0) is 69.7 Å². The molecule has 0 atom stereocenters. The number of anilines is 1. The van der Waals surface area contributed by atoms with E-state index in [1.54, 1.807) is 12.1 Å². The number of halogens is 3. The lowest BCUT2D eigenvalue weighted by atomic mass is 10.2. The first-order chi connectivity index (χ1) is 13.8. The standard InChI is InChI=1S/C19H13BrClFN2O4S/c1-28-15-5-3-11(8-13(15)21)23-17(25)9-24-18(26)16(29-19(24)27)7-10-2-4-14(22)12(20)6-10/h2-8H,9H2,1H3,(H,23,25)/b16-7+. The van der Waals surface area contributed by atoms with Crippen LogP contribution in [0.1, 0.15) is 5.56 Å². The van der Waals surface area contributed by atoms with Crippen molar-refractivity contribution in [3.05, 3.63) is 62.2 Å². The minimum atomic E-state index is -0.594. The molecule has 1 aliphatic heterocycles. The van der Waals surface area contributed by atoms with E-state index in [0.29, 0.717) is 33.8 Å². The highest BCUT2D eigenvalue weighted by atomic mass is 79.9. The summed E-state index contributed by atoms with van der Waals surface area (Å²) in [6, 6.07) is 8.88. The molecule has 2 aromatic rings. The van der Waals surface area contributed by atoms with Gasteiger partial charge >= 0.3 is 0 Å². The van der Waals surface area contributed by atoms with Crippen LogP contribution in [0.4, 0.5) is 14.9 Å². The van der Waals surface area contributed by atoms with E-state index in [9.17, 15) is 18.8 Å². The zero-order valence-electron chi connectivity index (χ0n) is 14.9. The molecule has 0 bridgehead atoms. The van der Waals surface area contributed by atoms with Crippen molar-refractivity contribution < 1.29 is 23.5 Å². The van der Waals surface area contributed by atoms with E-state index in [-0.39, 0.29) is 9.38 Å². The lowest BCUT2D eigenvalue weighted by molar-refractivity contribution is -0.127. The number of thioether (sulfide) groups is 1. The molecule has 1 heterocycles. The van der Waals surface area contributed by atoms with E-state index in [0.717, 1.165) is 4.90 Å². The molecule has 1 N–H and O–H groups in total. The Morgan fingerprint density at radius 1 is 1.31 bits per heavy atom. The van der Waals surface area contributed by atoms with E-state index < -0.39 is 29.4 Å². The Kier molecular flexibility index (Phi) is 6.61. The number of carbonyl (C=O) groups is 3. The number of imide groups is 1. The summed E-state index contributed by atoms with van der Waals surface area (Å²) in [7, 11) is 1.47. The molecule has 0 radical (unpaired) electrons. The molecule has 0 aromatic heterocycles. The Bertz CT molecular complexity index is 1050. The molecular formula is C19H13BrClFN2O4S. The number of ether oxygens (including phenoxy) is 1. The fraction of sp³-hybridized carbons (Fsp3) is 0.105. The van der Waals surface area contributed by atoms with Crippen LogP contribution in [0.15, 0.2) is 45.8 Å². The van der Waals surface area contributed by atoms with Crippen LogP contribution in [0.3, 0.4) is 0 Å². The zero-order chi connectivity index (χ0) is 21.1. The van der Waals surface area contributed by atoms with Crippen molar-refractivity contribution in [1.29, 1.82) is 0 Å². The van der Waals surface area contributed by atoms with Crippen LogP contribution >= 0.6 is 39.3 Å². The Labute approximate surface area is 183 Å². The first kappa shape index (κ1) is 21.4. The third-order valence-corrected chi connectivity index (χ3v) is 5.66. The Morgan fingerprint density at radius 2 is 2.07 bits per heavy atom. The number of nitrogens with one attached hydrogen (secondary N) is 1. The van der Waals surface area contributed by atoms with Gasteiger partial charge in [0.05, 0.1) is 21.5 Å². The molecule has 1 saturated heterocycles. The van der Waals surface area contributed by atoms with Crippen molar-refractivity contribution in [2.24, 2.45) is 0 Å². The van der Waals surface area contributed by atoms with Gasteiger partial charge in [-0.2, -0.15) is 0 Å². The highest BCUT2D eigenvalue weighted by Crippen LogP contribution is 2.33. The number of hydrogen-bond donors (Lipinski definition) is 1. The minimum absolute atomic E-state index is 0.147. The van der Waals surface area contributed by atoms with Crippen molar-refractivity contribution in [2.75, 3.05) is 19.0 Å². The van der Waals surface area contributed by atoms with Gasteiger partial charge in [0.25, 0.3) is 11.1 Å².